The van der Waals surface area contributed by atoms with E-state index in [0.29, 0.717) is 0 Å². The van der Waals surface area contributed by atoms with E-state index in [9.17, 15) is 5.11 Å². The zero-order valence-corrected chi connectivity index (χ0v) is 13.2. The summed E-state index contributed by atoms with van der Waals surface area (Å²) >= 11 is 0.811. The molecule has 1 N–H and O–H groups in total. The fourth-order valence-corrected chi connectivity index (χ4v) is 4.53. The van der Waals surface area contributed by atoms with Crippen molar-refractivity contribution in [3.05, 3.63) is 10.4 Å². The van der Waals surface area contributed by atoms with Crippen LogP contribution in [0, 0.1) is 0 Å². The van der Waals surface area contributed by atoms with Crippen molar-refractivity contribution in [1.29, 1.82) is 0 Å². The Morgan fingerprint density at radius 3 is 2.67 bits per heavy atom. The zero-order chi connectivity index (χ0) is 12.8. The normalized spacial score (nSPS) is 45.1. The van der Waals surface area contributed by atoms with Crippen molar-refractivity contribution in [2.45, 2.75) is 53.3 Å². The third-order valence-electron chi connectivity index (χ3n) is 3.91. The van der Waals surface area contributed by atoms with E-state index in [1.54, 1.807) is 0 Å². The Balaban J connectivity index is 1.91. The van der Waals surface area contributed by atoms with Gasteiger partial charge in [0.2, 0.25) is 0 Å². The van der Waals surface area contributed by atoms with Crippen LogP contribution in [0.15, 0.2) is 5.11 Å². The molecule has 7 nitrogen and oxygen atoms in total. The number of fused-ring (bicyclic) bond motifs is 1. The van der Waals surface area contributed by atoms with Crippen molar-refractivity contribution in [2.75, 3.05) is 6.61 Å². The molecule has 0 bridgehead atoms. The van der Waals surface area contributed by atoms with E-state index in [1.807, 2.05) is 0 Å². The Labute approximate surface area is 119 Å². The maximum atomic E-state index is 9.53. The molecule has 18 heavy (non-hydrogen) atoms. The first-order chi connectivity index (χ1) is 8.65. The van der Waals surface area contributed by atoms with Gasteiger partial charge in [0, 0.05) is 0 Å². The molecule has 1 saturated carbocycles. The van der Waals surface area contributed by atoms with Crippen LogP contribution < -0.4 is 0 Å². The summed E-state index contributed by atoms with van der Waals surface area (Å²) < 4.78 is 17.6. The third kappa shape index (κ3) is 1.78. The molecule has 1 aliphatic carbocycles. The summed E-state index contributed by atoms with van der Waals surface area (Å²) in [6.45, 7) is -0.380. The first kappa shape index (κ1) is 13.0. The van der Waals surface area contributed by atoms with Crippen molar-refractivity contribution in [3.8, 4) is 0 Å². The van der Waals surface area contributed by atoms with Crippen LogP contribution in [0.25, 0.3) is 10.4 Å². The molecule has 2 heterocycles. The molecule has 3 aliphatic rings. The second kappa shape index (κ2) is 4.54. The fraction of sp³-hybridized carbons (Fsp3) is 1.00. The van der Waals surface area contributed by atoms with Crippen molar-refractivity contribution in [1.82, 2.24) is 0 Å². The van der Waals surface area contributed by atoms with E-state index in [1.165, 1.54) is 0 Å². The molecule has 0 aromatic rings. The minimum atomic E-state index is -1.31. The number of aliphatic hydroxyl groups is 1. The third-order valence-corrected chi connectivity index (χ3v) is 5.38. The fourth-order valence-electron chi connectivity index (χ4n) is 3.06. The van der Waals surface area contributed by atoms with Crippen LogP contribution in [0.5, 0.6) is 0 Å². The van der Waals surface area contributed by atoms with Crippen LogP contribution in [0.4, 0.5) is 0 Å². The number of hydrogen-bond donors (Lipinski definition) is 1. The Kier molecular flexibility index (Phi) is 3.28. The molecule has 8 heteroatoms. The summed E-state index contributed by atoms with van der Waals surface area (Å²) in [5, 5.41) is 13.2. The van der Waals surface area contributed by atoms with Gasteiger partial charge in [-0.3, -0.25) is 0 Å². The number of rotatable bonds is 2. The molecule has 0 amide bonds. The molecular formula is C10H14InN3O4. The van der Waals surface area contributed by atoms with Crippen molar-refractivity contribution in [2.24, 2.45) is 5.11 Å². The van der Waals surface area contributed by atoms with Crippen LogP contribution >= 0.6 is 0 Å². The molecule has 0 aromatic heterocycles. The topological polar surface area (TPSA) is 96.7 Å². The Bertz CT molecular complexity index is 397. The van der Waals surface area contributed by atoms with Crippen molar-refractivity contribution < 1.29 is 19.3 Å². The summed E-state index contributed by atoms with van der Waals surface area (Å²) in [6.07, 6.45) is 3.19. The van der Waals surface area contributed by atoms with Crippen LogP contribution in [-0.4, -0.2) is 63.7 Å². The van der Waals surface area contributed by atoms with Gasteiger partial charge in [0.05, 0.1) is 0 Å². The van der Waals surface area contributed by atoms with Crippen LogP contribution in [0.1, 0.15) is 25.7 Å². The SMILES string of the molecule is [N-]=[N+]=N[C@]1(CO)O[C@@H]([In])[C@@H]2OC3(CCCC3)O[C@@H]21. The average Bonchev–Trinajstić information content (AvgIpc) is 3.02. The van der Waals surface area contributed by atoms with Gasteiger partial charge in [-0.05, 0) is 0 Å². The predicted octanol–water partition coefficient (Wildman–Crippen LogP) is 0.564. The zero-order valence-electron chi connectivity index (χ0n) is 9.86. The average molecular weight is 355 g/mol. The molecule has 4 atom stereocenters. The second-order valence-corrected chi connectivity index (χ2v) is 6.89. The molecule has 0 unspecified atom stereocenters. The van der Waals surface area contributed by atoms with Gasteiger partial charge in [-0.25, -0.2) is 0 Å². The molecule has 2 aliphatic heterocycles. The number of azide groups is 1. The number of hydrogen-bond acceptors (Lipinski definition) is 5. The van der Waals surface area contributed by atoms with E-state index in [2.05, 4.69) is 10.0 Å². The molecular weight excluding hydrogens is 341 g/mol. The molecule has 3 rings (SSSR count). The predicted molar refractivity (Wildman–Crippen MR) is 60.5 cm³/mol. The number of aliphatic hydroxyl groups excluding tert-OH is 1. The van der Waals surface area contributed by atoms with Gasteiger partial charge in [0.15, 0.2) is 0 Å². The Morgan fingerprint density at radius 1 is 1.33 bits per heavy atom. The van der Waals surface area contributed by atoms with Gasteiger partial charge in [0.25, 0.3) is 0 Å². The second-order valence-electron chi connectivity index (χ2n) is 5.01. The summed E-state index contributed by atoms with van der Waals surface area (Å²) in [6, 6.07) is 0. The molecule has 0 aromatic carbocycles. The molecule has 2 radical (unpaired) electrons. The van der Waals surface area contributed by atoms with Crippen LogP contribution in [0.3, 0.4) is 0 Å². The molecule has 2 saturated heterocycles. The van der Waals surface area contributed by atoms with Gasteiger partial charge in [0.1, 0.15) is 0 Å². The first-order valence-corrected chi connectivity index (χ1v) is 8.01. The van der Waals surface area contributed by atoms with Gasteiger partial charge in [-0.15, -0.1) is 0 Å². The monoisotopic (exact) mass is 355 g/mol. The molecule has 1 spiro atoms. The molecule has 3 fully saturated rings. The van der Waals surface area contributed by atoms with Crippen molar-refractivity contribution in [3.63, 3.8) is 0 Å². The van der Waals surface area contributed by atoms with E-state index < -0.39 is 17.6 Å². The van der Waals surface area contributed by atoms with Gasteiger partial charge in [-0.1, -0.05) is 0 Å². The van der Waals surface area contributed by atoms with E-state index in [4.69, 9.17) is 19.7 Å². The van der Waals surface area contributed by atoms with Gasteiger partial charge < -0.3 is 0 Å². The number of nitrogens with zero attached hydrogens (tertiary/aromatic N) is 3. The summed E-state index contributed by atoms with van der Waals surface area (Å²) in [5.41, 5.74) is 7.36. The van der Waals surface area contributed by atoms with Crippen molar-refractivity contribution >= 4 is 24.4 Å². The summed E-state index contributed by atoms with van der Waals surface area (Å²) in [7, 11) is 0. The summed E-state index contributed by atoms with van der Waals surface area (Å²) in [5.74, 6) is -0.536. The standard InChI is InChI=1S/C10H14N3O4.In/c11-13-12-10(6-14)8-7(5-15-10)16-9(17-8)3-1-2-4-9;/h5,7-8,14H,1-4,6H2;/t7-,8-,10+;/m0./s1. The van der Waals surface area contributed by atoms with Gasteiger partial charge >= 0.3 is 119 Å². The van der Waals surface area contributed by atoms with E-state index in [0.717, 1.165) is 50.1 Å². The summed E-state index contributed by atoms with van der Waals surface area (Å²) in [4.78, 5) is 2.79. The van der Waals surface area contributed by atoms with Crippen LogP contribution in [0.2, 0.25) is 0 Å². The van der Waals surface area contributed by atoms with E-state index in [-0.39, 0.29) is 16.6 Å². The Hall–Kier alpha value is 0.0201. The first-order valence-electron chi connectivity index (χ1n) is 6.11. The minimum absolute atomic E-state index is 0.127. The number of ether oxygens (including phenoxy) is 3. The van der Waals surface area contributed by atoms with Crippen LogP contribution in [-0.2, 0) is 14.2 Å². The Morgan fingerprint density at radius 2 is 2.06 bits per heavy atom. The quantitative estimate of drug-likeness (QED) is 0.445. The van der Waals surface area contributed by atoms with E-state index >= 15 is 0 Å². The molecule has 96 valence electrons. The maximum absolute atomic E-state index is 9.53. The van der Waals surface area contributed by atoms with Gasteiger partial charge in [-0.2, -0.15) is 0 Å².